The Morgan fingerprint density at radius 2 is 1.92 bits per heavy atom. The third-order valence-corrected chi connectivity index (χ3v) is 5.41. The van der Waals surface area contributed by atoms with Crippen LogP contribution in [0.15, 0.2) is 47.6 Å². The standard InChI is InChI=1S/C19H20ClFN4S/c1-4-25-18(13-7-5-8-14(11-13)24(2)3)22-23-19(25)26-12-15-16(20)9-6-10-17(15)21/h5-11H,4,12H2,1-3H3. The first-order chi connectivity index (χ1) is 12.5. The first-order valence-corrected chi connectivity index (χ1v) is 9.64. The van der Waals surface area contributed by atoms with E-state index in [1.54, 1.807) is 12.1 Å². The molecule has 0 fully saturated rings. The average Bonchev–Trinajstić information content (AvgIpc) is 3.04. The molecule has 0 bridgehead atoms. The summed E-state index contributed by atoms with van der Waals surface area (Å²) in [5.74, 6) is 0.909. The van der Waals surface area contributed by atoms with Crippen LogP contribution in [0.4, 0.5) is 10.1 Å². The highest BCUT2D eigenvalue weighted by molar-refractivity contribution is 7.98. The first-order valence-electron chi connectivity index (χ1n) is 8.28. The van der Waals surface area contributed by atoms with Crippen LogP contribution in [-0.4, -0.2) is 28.9 Å². The van der Waals surface area contributed by atoms with E-state index in [4.69, 9.17) is 11.6 Å². The van der Waals surface area contributed by atoms with Crippen LogP contribution in [-0.2, 0) is 12.3 Å². The second-order valence-electron chi connectivity index (χ2n) is 5.98. The summed E-state index contributed by atoms with van der Waals surface area (Å²) in [7, 11) is 4.01. The molecule has 0 radical (unpaired) electrons. The number of benzene rings is 2. The van der Waals surface area contributed by atoms with E-state index in [2.05, 4.69) is 16.3 Å². The van der Waals surface area contributed by atoms with Crippen molar-refractivity contribution in [1.82, 2.24) is 14.8 Å². The van der Waals surface area contributed by atoms with Crippen molar-refractivity contribution in [2.75, 3.05) is 19.0 Å². The minimum atomic E-state index is -0.300. The highest BCUT2D eigenvalue weighted by Gasteiger charge is 2.15. The largest absolute Gasteiger partial charge is 0.378 e. The molecule has 3 rings (SSSR count). The van der Waals surface area contributed by atoms with E-state index in [9.17, 15) is 4.39 Å². The Kier molecular flexibility index (Phi) is 5.84. The molecule has 0 aliphatic heterocycles. The van der Waals surface area contributed by atoms with E-state index in [1.807, 2.05) is 48.7 Å². The Morgan fingerprint density at radius 3 is 2.62 bits per heavy atom. The topological polar surface area (TPSA) is 34.0 Å². The summed E-state index contributed by atoms with van der Waals surface area (Å²) in [4.78, 5) is 2.05. The zero-order valence-electron chi connectivity index (χ0n) is 14.9. The third kappa shape index (κ3) is 3.86. The van der Waals surface area contributed by atoms with Gasteiger partial charge in [-0.25, -0.2) is 4.39 Å². The van der Waals surface area contributed by atoms with Crippen LogP contribution in [0, 0.1) is 5.82 Å². The number of hydrogen-bond donors (Lipinski definition) is 0. The molecule has 0 N–H and O–H groups in total. The normalized spacial score (nSPS) is 11.0. The maximum atomic E-state index is 14.0. The van der Waals surface area contributed by atoms with Crippen molar-refractivity contribution >= 4 is 29.1 Å². The number of aromatic nitrogens is 3. The van der Waals surface area contributed by atoms with Crippen LogP contribution in [0.2, 0.25) is 5.02 Å². The summed E-state index contributed by atoms with van der Waals surface area (Å²) in [6.45, 7) is 2.77. The monoisotopic (exact) mass is 390 g/mol. The average molecular weight is 391 g/mol. The third-order valence-electron chi connectivity index (χ3n) is 4.06. The molecule has 1 heterocycles. The number of thioether (sulfide) groups is 1. The van der Waals surface area contributed by atoms with E-state index < -0.39 is 0 Å². The molecular formula is C19H20ClFN4S. The highest BCUT2D eigenvalue weighted by atomic mass is 35.5. The van der Waals surface area contributed by atoms with E-state index >= 15 is 0 Å². The van der Waals surface area contributed by atoms with Crippen molar-refractivity contribution < 1.29 is 4.39 Å². The van der Waals surface area contributed by atoms with E-state index in [0.717, 1.165) is 28.8 Å². The van der Waals surface area contributed by atoms with Crippen LogP contribution in [0.1, 0.15) is 12.5 Å². The summed E-state index contributed by atoms with van der Waals surface area (Å²) in [6, 6.07) is 12.9. The van der Waals surface area contributed by atoms with Gasteiger partial charge in [-0.05, 0) is 31.2 Å². The van der Waals surface area contributed by atoms with Crippen molar-refractivity contribution in [1.29, 1.82) is 0 Å². The van der Waals surface area contributed by atoms with Gasteiger partial charge in [0.05, 0.1) is 0 Å². The van der Waals surface area contributed by atoms with Gasteiger partial charge >= 0.3 is 0 Å². The van der Waals surface area contributed by atoms with Gasteiger partial charge in [0.1, 0.15) is 5.82 Å². The Morgan fingerprint density at radius 1 is 1.15 bits per heavy atom. The number of hydrogen-bond acceptors (Lipinski definition) is 4. The lowest BCUT2D eigenvalue weighted by molar-refractivity contribution is 0.617. The highest BCUT2D eigenvalue weighted by Crippen LogP contribution is 2.30. The number of anilines is 1. The lowest BCUT2D eigenvalue weighted by Crippen LogP contribution is -2.08. The molecule has 0 atom stereocenters. The van der Waals surface area contributed by atoms with Gasteiger partial charge in [-0.15, -0.1) is 10.2 Å². The van der Waals surface area contributed by atoms with Crippen molar-refractivity contribution in [3.8, 4) is 11.4 Å². The van der Waals surface area contributed by atoms with Crippen LogP contribution >= 0.6 is 23.4 Å². The van der Waals surface area contributed by atoms with Gasteiger partial charge in [0.15, 0.2) is 11.0 Å². The van der Waals surface area contributed by atoms with E-state index in [1.165, 1.54) is 17.8 Å². The Bertz CT molecular complexity index is 890. The lowest BCUT2D eigenvalue weighted by atomic mass is 10.2. The van der Waals surface area contributed by atoms with Crippen molar-refractivity contribution in [3.63, 3.8) is 0 Å². The fourth-order valence-corrected chi connectivity index (χ4v) is 3.97. The Hall–Kier alpha value is -2.05. The summed E-state index contributed by atoms with van der Waals surface area (Å²) >= 11 is 7.55. The number of nitrogens with zero attached hydrogens (tertiary/aromatic N) is 4. The van der Waals surface area contributed by atoms with Gasteiger partial charge in [-0.2, -0.15) is 0 Å². The Labute approximate surface area is 162 Å². The van der Waals surface area contributed by atoms with Crippen molar-refractivity contribution in [2.45, 2.75) is 24.4 Å². The smallest absolute Gasteiger partial charge is 0.191 e. The minimum Gasteiger partial charge on any atom is -0.378 e. The zero-order chi connectivity index (χ0) is 18.7. The van der Waals surface area contributed by atoms with Gasteiger partial charge in [0, 0.05) is 48.2 Å². The van der Waals surface area contributed by atoms with Crippen LogP contribution in [0.3, 0.4) is 0 Å². The molecule has 0 aliphatic carbocycles. The van der Waals surface area contributed by atoms with E-state index in [-0.39, 0.29) is 5.82 Å². The van der Waals surface area contributed by atoms with Crippen LogP contribution in [0.5, 0.6) is 0 Å². The molecular weight excluding hydrogens is 371 g/mol. The molecule has 0 unspecified atom stereocenters. The summed E-state index contributed by atoms with van der Waals surface area (Å²) in [5, 5.41) is 9.85. The molecule has 7 heteroatoms. The molecule has 3 aromatic rings. The first kappa shape index (κ1) is 18.7. The van der Waals surface area contributed by atoms with Gasteiger partial charge in [-0.1, -0.05) is 41.6 Å². The molecule has 26 heavy (non-hydrogen) atoms. The Balaban J connectivity index is 1.88. The predicted molar refractivity (Wildman–Crippen MR) is 106 cm³/mol. The predicted octanol–water partition coefficient (Wildman–Crippen LogP) is 5.12. The van der Waals surface area contributed by atoms with Gasteiger partial charge in [0.2, 0.25) is 0 Å². The quantitative estimate of drug-likeness (QED) is 0.547. The maximum absolute atomic E-state index is 14.0. The molecule has 2 aromatic carbocycles. The molecule has 136 valence electrons. The molecule has 0 spiro atoms. The molecule has 1 aromatic heterocycles. The molecule has 0 amide bonds. The number of halogens is 2. The van der Waals surface area contributed by atoms with Crippen molar-refractivity contribution in [3.05, 3.63) is 58.9 Å². The fraction of sp³-hybridized carbons (Fsp3) is 0.263. The maximum Gasteiger partial charge on any atom is 0.191 e. The van der Waals surface area contributed by atoms with Gasteiger partial charge < -0.3 is 9.47 Å². The van der Waals surface area contributed by atoms with Crippen molar-refractivity contribution in [2.24, 2.45) is 0 Å². The zero-order valence-corrected chi connectivity index (χ0v) is 16.5. The molecule has 0 saturated heterocycles. The summed E-state index contributed by atoms with van der Waals surface area (Å²) < 4.78 is 16.0. The van der Waals surface area contributed by atoms with Gasteiger partial charge in [-0.3, -0.25) is 0 Å². The number of rotatable bonds is 6. The van der Waals surface area contributed by atoms with Gasteiger partial charge in [0.25, 0.3) is 0 Å². The minimum absolute atomic E-state index is 0.300. The second kappa shape index (κ2) is 8.10. The van der Waals surface area contributed by atoms with Crippen LogP contribution < -0.4 is 4.90 Å². The molecule has 0 aliphatic rings. The summed E-state index contributed by atoms with van der Waals surface area (Å²) in [6.07, 6.45) is 0. The fourth-order valence-electron chi connectivity index (χ4n) is 2.62. The second-order valence-corrected chi connectivity index (χ2v) is 7.33. The van der Waals surface area contributed by atoms with E-state index in [0.29, 0.717) is 16.3 Å². The summed E-state index contributed by atoms with van der Waals surface area (Å²) in [5.41, 5.74) is 2.59. The van der Waals surface area contributed by atoms with Crippen LogP contribution in [0.25, 0.3) is 11.4 Å². The molecule has 4 nitrogen and oxygen atoms in total. The molecule has 0 saturated carbocycles. The SMILES string of the molecule is CCn1c(SCc2c(F)cccc2Cl)nnc1-c1cccc(N(C)C)c1. The lowest BCUT2D eigenvalue weighted by Gasteiger charge is -2.14.